The number of alkyl halides is 3. The van der Waals surface area contributed by atoms with Crippen molar-refractivity contribution in [1.29, 1.82) is 0 Å². The molecule has 0 radical (unpaired) electrons. The molecule has 0 spiro atoms. The van der Waals surface area contributed by atoms with Crippen LogP contribution in [0.3, 0.4) is 0 Å². The van der Waals surface area contributed by atoms with Gasteiger partial charge in [0, 0.05) is 6.54 Å². The monoisotopic (exact) mass is 457 g/mol. The number of rotatable bonds is 5. The number of halogens is 3. The van der Waals surface area contributed by atoms with Crippen LogP contribution in [-0.4, -0.2) is 31.8 Å². The van der Waals surface area contributed by atoms with Crippen molar-refractivity contribution in [3.8, 4) is 0 Å². The van der Waals surface area contributed by atoms with E-state index in [0.29, 0.717) is 18.7 Å². The number of sulfonamides is 1. The Bertz CT molecular complexity index is 1090. The predicted octanol–water partition coefficient (Wildman–Crippen LogP) is 4.35. The van der Waals surface area contributed by atoms with Crippen LogP contribution in [0, 0.1) is 0 Å². The molecule has 3 rings (SSSR count). The summed E-state index contributed by atoms with van der Waals surface area (Å²) in [6, 6.07) is 11.1. The zero-order chi connectivity index (χ0) is 21.9. The minimum absolute atomic E-state index is 0.0753. The minimum atomic E-state index is -4.61. The number of amidine groups is 1. The molecule has 0 saturated heterocycles. The number of carbonyl (C=O) groups excluding carboxylic acids is 1. The molecular formula is C19H18F3N3O3S2. The largest absolute Gasteiger partial charge is 0.418 e. The highest BCUT2D eigenvalue weighted by Gasteiger charge is 2.34. The van der Waals surface area contributed by atoms with Crippen LogP contribution < -0.4 is 10.2 Å². The van der Waals surface area contributed by atoms with E-state index in [9.17, 15) is 26.4 Å². The Hall–Kier alpha value is -2.53. The van der Waals surface area contributed by atoms with E-state index in [1.807, 2.05) is 6.92 Å². The molecule has 1 heterocycles. The summed E-state index contributed by atoms with van der Waals surface area (Å²) >= 11 is 0.855. The van der Waals surface area contributed by atoms with Gasteiger partial charge in [-0.2, -0.15) is 21.6 Å². The molecule has 1 amide bonds. The fraction of sp³-hybridized carbons (Fsp3) is 0.263. The van der Waals surface area contributed by atoms with E-state index in [1.165, 1.54) is 18.2 Å². The van der Waals surface area contributed by atoms with Crippen LogP contribution in [-0.2, 0) is 21.0 Å². The number of anilines is 2. The number of para-hydroxylation sites is 2. The Morgan fingerprint density at radius 1 is 1.13 bits per heavy atom. The van der Waals surface area contributed by atoms with Crippen molar-refractivity contribution >= 4 is 44.2 Å². The molecule has 0 aromatic heterocycles. The average molecular weight is 457 g/mol. The maximum atomic E-state index is 13.1. The SMILES string of the molecule is CCCN1C(SCC(=O)Nc2ccccc2C(F)(F)F)=NS(=O)(=O)c2ccccc21. The van der Waals surface area contributed by atoms with Gasteiger partial charge in [0.25, 0.3) is 10.0 Å². The zero-order valence-corrected chi connectivity index (χ0v) is 17.4. The fourth-order valence-electron chi connectivity index (χ4n) is 2.90. The standard InChI is InChI=1S/C19H18F3N3O3S2/c1-2-11-25-15-9-5-6-10-16(15)30(27,28)24-18(25)29-12-17(26)23-14-8-4-3-7-13(14)19(20,21)22/h3-10H,2,11-12H2,1H3,(H,23,26). The van der Waals surface area contributed by atoms with E-state index in [-0.39, 0.29) is 21.5 Å². The van der Waals surface area contributed by atoms with Crippen LogP contribution in [0.5, 0.6) is 0 Å². The highest BCUT2D eigenvalue weighted by Crippen LogP contribution is 2.36. The number of hydrogen-bond donors (Lipinski definition) is 1. The number of nitrogens with zero attached hydrogens (tertiary/aromatic N) is 2. The van der Waals surface area contributed by atoms with Gasteiger partial charge in [0.15, 0.2) is 5.17 Å². The lowest BCUT2D eigenvalue weighted by molar-refractivity contribution is -0.137. The maximum absolute atomic E-state index is 13.1. The number of fused-ring (bicyclic) bond motifs is 1. The first-order chi connectivity index (χ1) is 14.1. The Kier molecular flexibility index (Phi) is 6.41. The lowest BCUT2D eigenvalue weighted by atomic mass is 10.1. The van der Waals surface area contributed by atoms with E-state index in [4.69, 9.17) is 0 Å². The number of carbonyl (C=O) groups is 1. The average Bonchev–Trinajstić information content (AvgIpc) is 2.68. The van der Waals surface area contributed by atoms with Crippen LogP contribution in [0.25, 0.3) is 0 Å². The van der Waals surface area contributed by atoms with Crippen LogP contribution in [0.1, 0.15) is 18.9 Å². The molecule has 0 bridgehead atoms. The summed E-state index contributed by atoms with van der Waals surface area (Å²) < 4.78 is 68.0. The third-order valence-corrected chi connectivity index (χ3v) is 6.56. The van der Waals surface area contributed by atoms with Gasteiger partial charge >= 0.3 is 6.18 Å². The van der Waals surface area contributed by atoms with Crippen LogP contribution in [0.2, 0.25) is 0 Å². The fourth-order valence-corrected chi connectivity index (χ4v) is 5.18. The number of nitrogens with one attached hydrogen (secondary N) is 1. The summed E-state index contributed by atoms with van der Waals surface area (Å²) in [6.07, 6.45) is -3.92. The van der Waals surface area contributed by atoms with Gasteiger partial charge in [0.1, 0.15) is 4.90 Å². The van der Waals surface area contributed by atoms with Crippen molar-refractivity contribution in [3.63, 3.8) is 0 Å². The Morgan fingerprint density at radius 2 is 1.80 bits per heavy atom. The first kappa shape index (κ1) is 22.2. The van der Waals surface area contributed by atoms with Gasteiger partial charge in [-0.25, -0.2) is 0 Å². The summed E-state index contributed by atoms with van der Waals surface area (Å²) in [5, 5.41) is 2.35. The molecule has 2 aromatic carbocycles. The van der Waals surface area contributed by atoms with E-state index in [1.54, 1.807) is 23.1 Å². The van der Waals surface area contributed by atoms with Crippen LogP contribution in [0.15, 0.2) is 57.8 Å². The number of thioether (sulfide) groups is 1. The van der Waals surface area contributed by atoms with Crippen LogP contribution >= 0.6 is 11.8 Å². The molecule has 0 aliphatic carbocycles. The third-order valence-electron chi connectivity index (χ3n) is 4.15. The van der Waals surface area contributed by atoms with E-state index >= 15 is 0 Å². The Morgan fingerprint density at radius 3 is 2.50 bits per heavy atom. The second-order valence-electron chi connectivity index (χ2n) is 6.35. The van der Waals surface area contributed by atoms with Crippen molar-refractivity contribution in [2.24, 2.45) is 4.40 Å². The van der Waals surface area contributed by atoms with E-state index in [2.05, 4.69) is 9.71 Å². The molecule has 0 saturated carbocycles. The summed E-state index contributed by atoms with van der Waals surface area (Å²) in [6.45, 7) is 2.38. The second-order valence-corrected chi connectivity index (χ2v) is 8.86. The molecule has 0 unspecified atom stereocenters. The second kappa shape index (κ2) is 8.68. The maximum Gasteiger partial charge on any atom is 0.418 e. The minimum Gasteiger partial charge on any atom is -0.325 e. The molecule has 6 nitrogen and oxygen atoms in total. The van der Waals surface area contributed by atoms with Gasteiger partial charge in [0.2, 0.25) is 5.91 Å². The first-order valence-electron chi connectivity index (χ1n) is 8.94. The molecule has 2 aromatic rings. The van der Waals surface area contributed by atoms with Gasteiger partial charge in [-0.1, -0.05) is 43.0 Å². The van der Waals surface area contributed by atoms with Crippen molar-refractivity contribution in [1.82, 2.24) is 0 Å². The number of hydrogen-bond acceptors (Lipinski definition) is 5. The molecule has 0 atom stereocenters. The summed E-state index contributed by atoms with van der Waals surface area (Å²) in [5.41, 5.74) is -0.855. The lowest BCUT2D eigenvalue weighted by Crippen LogP contribution is -2.35. The normalized spacial score (nSPS) is 15.3. The first-order valence-corrected chi connectivity index (χ1v) is 11.4. The summed E-state index contributed by atoms with van der Waals surface area (Å²) in [7, 11) is -3.93. The number of benzene rings is 2. The highest BCUT2D eigenvalue weighted by atomic mass is 32.2. The molecular weight excluding hydrogens is 439 g/mol. The Labute approximate surface area is 176 Å². The Balaban J connectivity index is 1.78. The number of amides is 1. The van der Waals surface area contributed by atoms with Gasteiger partial charge < -0.3 is 10.2 Å². The molecule has 0 fully saturated rings. The topological polar surface area (TPSA) is 78.8 Å². The highest BCUT2D eigenvalue weighted by molar-refractivity contribution is 8.15. The van der Waals surface area contributed by atoms with Gasteiger partial charge in [-0.05, 0) is 30.7 Å². The van der Waals surface area contributed by atoms with Crippen molar-refractivity contribution < 1.29 is 26.4 Å². The molecule has 1 aliphatic rings. The molecule has 160 valence electrons. The van der Waals surface area contributed by atoms with E-state index < -0.39 is 27.7 Å². The summed E-state index contributed by atoms with van der Waals surface area (Å²) in [4.78, 5) is 14.1. The van der Waals surface area contributed by atoms with Gasteiger partial charge in [-0.3, -0.25) is 4.79 Å². The van der Waals surface area contributed by atoms with Crippen LogP contribution in [0.4, 0.5) is 24.5 Å². The lowest BCUT2D eigenvalue weighted by Gasteiger charge is -2.29. The molecule has 30 heavy (non-hydrogen) atoms. The van der Waals surface area contributed by atoms with Crippen molar-refractivity contribution in [2.45, 2.75) is 24.4 Å². The molecule has 1 N–H and O–H groups in total. The third kappa shape index (κ3) is 4.78. The van der Waals surface area contributed by atoms with E-state index in [0.717, 1.165) is 23.9 Å². The molecule has 11 heteroatoms. The quantitative estimate of drug-likeness (QED) is 0.722. The predicted molar refractivity (Wildman–Crippen MR) is 111 cm³/mol. The smallest absolute Gasteiger partial charge is 0.325 e. The van der Waals surface area contributed by atoms with Crippen molar-refractivity contribution in [2.75, 3.05) is 22.5 Å². The molecule has 1 aliphatic heterocycles. The van der Waals surface area contributed by atoms with Gasteiger partial charge in [-0.15, -0.1) is 4.40 Å². The van der Waals surface area contributed by atoms with Crippen molar-refractivity contribution in [3.05, 3.63) is 54.1 Å². The van der Waals surface area contributed by atoms with Gasteiger partial charge in [0.05, 0.1) is 22.7 Å². The zero-order valence-electron chi connectivity index (χ0n) is 15.8. The summed E-state index contributed by atoms with van der Waals surface area (Å²) in [5.74, 6) is -1.00.